The number of nitrogens with zero attached hydrogens (tertiary/aromatic N) is 1. The minimum absolute atomic E-state index is 0.131. The number of hydrogen-bond acceptors (Lipinski definition) is 3. The first-order valence-corrected chi connectivity index (χ1v) is 11.7. The second-order valence-corrected chi connectivity index (χ2v) is 8.89. The van der Waals surface area contributed by atoms with E-state index in [1.165, 1.54) is 4.90 Å². The van der Waals surface area contributed by atoms with Gasteiger partial charge in [-0.25, -0.2) is 4.79 Å². The Hall–Kier alpha value is -3.61. The topological polar surface area (TPSA) is 103 Å². The molecule has 180 valence electrons. The molecule has 0 spiro atoms. The van der Waals surface area contributed by atoms with Crippen LogP contribution in [0.15, 0.2) is 60.8 Å². The SMILES string of the molecule is CCC(C)CC(=O)N(C)[C@H](Cc1ccccc1)C(=O)N[C@@H](Cc1c[nH]c2ccccc12)C(=O)O. The first kappa shape index (κ1) is 25.0. The Bertz CT molecular complexity index is 1130. The monoisotopic (exact) mass is 463 g/mol. The van der Waals surface area contributed by atoms with Crippen LogP contribution in [0.3, 0.4) is 0 Å². The highest BCUT2D eigenvalue weighted by Crippen LogP contribution is 2.20. The number of likely N-dealkylation sites (N-methyl/N-ethyl adjacent to an activating group) is 1. The lowest BCUT2D eigenvalue weighted by molar-refractivity contribution is -0.144. The maximum absolute atomic E-state index is 13.4. The summed E-state index contributed by atoms with van der Waals surface area (Å²) in [6.45, 7) is 4.02. The maximum atomic E-state index is 13.4. The number of carboxylic acid groups (broad SMARTS) is 1. The number of rotatable bonds is 11. The van der Waals surface area contributed by atoms with Crippen molar-refractivity contribution in [3.05, 3.63) is 71.9 Å². The van der Waals surface area contributed by atoms with Crippen molar-refractivity contribution in [3.63, 3.8) is 0 Å². The lowest BCUT2D eigenvalue weighted by Gasteiger charge is -2.29. The van der Waals surface area contributed by atoms with Crippen molar-refractivity contribution in [2.45, 2.75) is 51.6 Å². The van der Waals surface area contributed by atoms with Crippen LogP contribution in [-0.2, 0) is 27.2 Å². The standard InChI is InChI=1S/C27H33N3O4/c1-4-18(2)14-25(31)30(3)24(15-19-10-6-5-7-11-19)26(32)29-23(27(33)34)16-20-17-28-22-13-9-8-12-21(20)22/h5-13,17-18,23-24,28H,4,14-16H2,1-3H3,(H,29,32)(H,33,34)/t18?,23-,24+/m0/s1. The van der Waals surface area contributed by atoms with Gasteiger partial charge in [-0.15, -0.1) is 0 Å². The van der Waals surface area contributed by atoms with E-state index < -0.39 is 24.0 Å². The second-order valence-electron chi connectivity index (χ2n) is 8.89. The van der Waals surface area contributed by atoms with Gasteiger partial charge in [-0.05, 0) is 23.1 Å². The van der Waals surface area contributed by atoms with Crippen LogP contribution in [0, 0.1) is 5.92 Å². The Kier molecular flexibility index (Phi) is 8.46. The fraction of sp³-hybridized carbons (Fsp3) is 0.370. The highest BCUT2D eigenvalue weighted by Gasteiger charge is 2.31. The van der Waals surface area contributed by atoms with E-state index in [4.69, 9.17) is 0 Å². The predicted molar refractivity (Wildman–Crippen MR) is 132 cm³/mol. The number of aliphatic carboxylic acids is 1. The number of benzene rings is 2. The van der Waals surface area contributed by atoms with Gasteiger partial charge in [-0.2, -0.15) is 0 Å². The third-order valence-corrected chi connectivity index (χ3v) is 6.37. The summed E-state index contributed by atoms with van der Waals surface area (Å²) in [5, 5.41) is 13.5. The fourth-order valence-electron chi connectivity index (χ4n) is 3.99. The quantitative estimate of drug-likeness (QED) is 0.403. The van der Waals surface area contributed by atoms with Gasteiger partial charge in [0.2, 0.25) is 11.8 Å². The molecule has 0 bridgehead atoms. The summed E-state index contributed by atoms with van der Waals surface area (Å²) in [6.07, 6.45) is 3.41. The number of aromatic nitrogens is 1. The number of hydrogen-bond donors (Lipinski definition) is 3. The van der Waals surface area contributed by atoms with E-state index in [0.717, 1.165) is 28.5 Å². The molecule has 2 amide bonds. The van der Waals surface area contributed by atoms with Crippen LogP contribution < -0.4 is 5.32 Å². The van der Waals surface area contributed by atoms with E-state index >= 15 is 0 Å². The molecular weight excluding hydrogens is 430 g/mol. The summed E-state index contributed by atoms with van der Waals surface area (Å²) in [5.74, 6) is -1.53. The molecule has 3 N–H and O–H groups in total. The smallest absolute Gasteiger partial charge is 0.326 e. The Morgan fingerprint density at radius 2 is 1.71 bits per heavy atom. The van der Waals surface area contributed by atoms with E-state index in [2.05, 4.69) is 10.3 Å². The molecule has 7 heteroatoms. The number of carboxylic acids is 1. The minimum atomic E-state index is -1.12. The molecule has 0 saturated heterocycles. The third kappa shape index (κ3) is 6.25. The normalized spacial score (nSPS) is 13.7. The van der Waals surface area contributed by atoms with Gasteiger partial charge in [0.15, 0.2) is 0 Å². The Morgan fingerprint density at radius 1 is 1.03 bits per heavy atom. The summed E-state index contributed by atoms with van der Waals surface area (Å²) >= 11 is 0. The second kappa shape index (κ2) is 11.5. The number of aromatic amines is 1. The van der Waals surface area contributed by atoms with Crippen LogP contribution in [0.4, 0.5) is 0 Å². The highest BCUT2D eigenvalue weighted by molar-refractivity contribution is 5.91. The molecule has 0 aliphatic heterocycles. The largest absolute Gasteiger partial charge is 0.480 e. The third-order valence-electron chi connectivity index (χ3n) is 6.37. The summed E-state index contributed by atoms with van der Waals surface area (Å²) in [5.41, 5.74) is 2.61. The molecule has 0 aliphatic rings. The number of para-hydroxylation sites is 1. The number of carbonyl (C=O) groups excluding carboxylic acids is 2. The molecule has 3 rings (SSSR count). The van der Waals surface area contributed by atoms with Gasteiger partial charge in [0.1, 0.15) is 12.1 Å². The van der Waals surface area contributed by atoms with Crippen molar-refractivity contribution in [1.82, 2.24) is 15.2 Å². The summed E-state index contributed by atoms with van der Waals surface area (Å²) in [4.78, 5) is 42.9. The summed E-state index contributed by atoms with van der Waals surface area (Å²) in [6, 6.07) is 15.1. The van der Waals surface area contributed by atoms with Crippen LogP contribution in [0.25, 0.3) is 10.9 Å². The van der Waals surface area contributed by atoms with Gasteiger partial charge in [0.25, 0.3) is 0 Å². The predicted octanol–water partition coefficient (Wildman–Crippen LogP) is 3.79. The van der Waals surface area contributed by atoms with Crippen LogP contribution in [-0.4, -0.2) is 51.9 Å². The van der Waals surface area contributed by atoms with Gasteiger partial charge in [0.05, 0.1) is 0 Å². The van der Waals surface area contributed by atoms with Crippen LogP contribution >= 0.6 is 0 Å². The van der Waals surface area contributed by atoms with Crippen molar-refractivity contribution in [1.29, 1.82) is 0 Å². The lowest BCUT2D eigenvalue weighted by atomic mass is 10.00. The molecule has 1 aromatic heterocycles. The maximum Gasteiger partial charge on any atom is 0.326 e. The zero-order valence-electron chi connectivity index (χ0n) is 20.0. The van der Waals surface area contributed by atoms with Gasteiger partial charge < -0.3 is 20.3 Å². The van der Waals surface area contributed by atoms with E-state index in [-0.39, 0.29) is 18.2 Å². The molecule has 3 atom stereocenters. The van der Waals surface area contributed by atoms with Gasteiger partial charge >= 0.3 is 5.97 Å². The molecule has 1 unspecified atom stereocenters. The number of amides is 2. The average molecular weight is 464 g/mol. The van der Waals surface area contributed by atoms with E-state index in [1.807, 2.05) is 68.4 Å². The molecule has 34 heavy (non-hydrogen) atoms. The first-order chi connectivity index (χ1) is 16.3. The van der Waals surface area contributed by atoms with Gasteiger partial charge in [0, 0.05) is 43.4 Å². The first-order valence-electron chi connectivity index (χ1n) is 11.7. The fourth-order valence-corrected chi connectivity index (χ4v) is 3.99. The molecule has 0 fully saturated rings. The van der Waals surface area contributed by atoms with Crippen LogP contribution in [0.5, 0.6) is 0 Å². The van der Waals surface area contributed by atoms with E-state index in [1.54, 1.807) is 13.2 Å². The van der Waals surface area contributed by atoms with Crippen molar-refractivity contribution in [3.8, 4) is 0 Å². The molecule has 0 saturated carbocycles. The molecule has 1 heterocycles. The van der Waals surface area contributed by atoms with Crippen molar-refractivity contribution >= 4 is 28.7 Å². The Labute approximate surface area is 200 Å². The van der Waals surface area contributed by atoms with Crippen molar-refractivity contribution in [2.75, 3.05) is 7.05 Å². The molecule has 0 aliphatic carbocycles. The summed E-state index contributed by atoms with van der Waals surface area (Å²) in [7, 11) is 1.62. The van der Waals surface area contributed by atoms with Crippen molar-refractivity contribution < 1.29 is 19.5 Å². The van der Waals surface area contributed by atoms with E-state index in [0.29, 0.717) is 12.8 Å². The lowest BCUT2D eigenvalue weighted by Crippen LogP contribution is -2.53. The molecule has 2 aromatic carbocycles. The van der Waals surface area contributed by atoms with E-state index in [9.17, 15) is 19.5 Å². The number of nitrogens with one attached hydrogen (secondary N) is 2. The number of H-pyrrole nitrogens is 1. The highest BCUT2D eigenvalue weighted by atomic mass is 16.4. The zero-order chi connectivity index (χ0) is 24.7. The summed E-state index contributed by atoms with van der Waals surface area (Å²) < 4.78 is 0. The Balaban J connectivity index is 1.81. The van der Waals surface area contributed by atoms with Gasteiger partial charge in [-0.1, -0.05) is 68.8 Å². The minimum Gasteiger partial charge on any atom is -0.480 e. The zero-order valence-corrected chi connectivity index (χ0v) is 20.0. The van der Waals surface area contributed by atoms with Crippen molar-refractivity contribution in [2.24, 2.45) is 5.92 Å². The molecule has 0 radical (unpaired) electrons. The molecule has 3 aromatic rings. The molecular formula is C27H33N3O4. The number of fused-ring (bicyclic) bond motifs is 1. The Morgan fingerprint density at radius 3 is 2.38 bits per heavy atom. The van der Waals surface area contributed by atoms with Crippen LogP contribution in [0.1, 0.15) is 37.8 Å². The average Bonchev–Trinajstić information content (AvgIpc) is 3.24. The van der Waals surface area contributed by atoms with Gasteiger partial charge in [-0.3, -0.25) is 9.59 Å². The van der Waals surface area contributed by atoms with Crippen LogP contribution in [0.2, 0.25) is 0 Å². The molecule has 7 nitrogen and oxygen atoms in total. The number of carbonyl (C=O) groups is 3.